The minimum atomic E-state index is -0.0879. The van der Waals surface area contributed by atoms with E-state index in [0.29, 0.717) is 5.71 Å². The van der Waals surface area contributed by atoms with Crippen molar-refractivity contribution in [2.75, 3.05) is 0 Å². The lowest BCUT2D eigenvalue weighted by atomic mass is 9.83. The minimum absolute atomic E-state index is 0.0879. The quantitative estimate of drug-likeness (QED) is 0.203. The first-order valence-electron chi connectivity index (χ1n) is 16.0. The average molecular weight is 598 g/mol. The molecule has 7 aromatic rings. The molecule has 222 valence electrons. The molecule has 2 atom stereocenters. The Hall–Kier alpha value is -5.55. The largest absolute Gasteiger partial charge is 0.455 e. The zero-order valence-corrected chi connectivity index (χ0v) is 25.7. The average Bonchev–Trinajstić information content (AvgIpc) is 3.60. The van der Waals surface area contributed by atoms with Crippen molar-refractivity contribution < 1.29 is 8.83 Å². The van der Waals surface area contributed by atoms with Crippen molar-refractivity contribution in [2.45, 2.75) is 38.6 Å². The van der Waals surface area contributed by atoms with E-state index in [0.717, 1.165) is 90.6 Å². The van der Waals surface area contributed by atoms with Gasteiger partial charge in [0.2, 0.25) is 5.71 Å². The van der Waals surface area contributed by atoms with Crippen LogP contribution in [0, 0.1) is 0 Å². The maximum Gasteiger partial charge on any atom is 0.227 e. The molecule has 0 amide bonds. The van der Waals surface area contributed by atoms with Crippen LogP contribution in [0.15, 0.2) is 134 Å². The first kappa shape index (κ1) is 26.8. The molecule has 2 aliphatic rings. The van der Waals surface area contributed by atoms with Gasteiger partial charge in [0.1, 0.15) is 16.7 Å². The van der Waals surface area contributed by atoms with E-state index in [1.54, 1.807) is 0 Å². The number of hydrogen-bond donors (Lipinski definition) is 0. The van der Waals surface area contributed by atoms with Gasteiger partial charge in [-0.05, 0) is 54.3 Å². The Kier molecular flexibility index (Phi) is 5.97. The Morgan fingerprint density at radius 3 is 2.48 bits per heavy atom. The molecule has 0 radical (unpaired) electrons. The Labute approximate surface area is 266 Å². The highest BCUT2D eigenvalue weighted by Crippen LogP contribution is 2.40. The Bertz CT molecular complexity index is 2490. The molecule has 0 aliphatic carbocycles. The van der Waals surface area contributed by atoms with Crippen molar-refractivity contribution in [3.05, 3.63) is 138 Å². The molecule has 46 heavy (non-hydrogen) atoms. The topological polar surface area (TPSA) is 63.9 Å². The zero-order valence-electron chi connectivity index (χ0n) is 25.7. The number of pyridine rings is 1. The summed E-state index contributed by atoms with van der Waals surface area (Å²) in [5.74, 6) is 0.194. The standard InChI is InChI=1S/C41H31N3O2/c1-4-32-26-12-7-6-11-25(26)23(3)38(43-32)35-21-18-24-17-19-29-30-20-22-34(44-41(30)46-40(29)37(24)33(5-2)42-35)31-15-10-14-28-27-13-8-9-16-36(27)45-39(28)31/h4,6-17,19-23,38H,1,5,18H2,2-3H3. The predicted octanol–water partition coefficient (Wildman–Crippen LogP) is 10.3. The third-order valence-electron chi connectivity index (χ3n) is 9.67. The van der Waals surface area contributed by atoms with Crippen molar-refractivity contribution in [1.29, 1.82) is 0 Å². The number of para-hydroxylation sites is 2. The first-order chi connectivity index (χ1) is 22.6. The number of fused-ring (bicyclic) bond motifs is 9. The van der Waals surface area contributed by atoms with Crippen LogP contribution >= 0.6 is 0 Å². The van der Waals surface area contributed by atoms with Gasteiger partial charge in [-0.3, -0.25) is 9.98 Å². The van der Waals surface area contributed by atoms with Crippen LogP contribution in [-0.2, 0) is 6.42 Å². The summed E-state index contributed by atoms with van der Waals surface area (Å²) in [6.45, 7) is 8.48. The molecule has 5 heteroatoms. The molecule has 5 nitrogen and oxygen atoms in total. The van der Waals surface area contributed by atoms with E-state index < -0.39 is 0 Å². The molecular weight excluding hydrogens is 566 g/mol. The second-order valence-electron chi connectivity index (χ2n) is 12.2. The summed E-state index contributed by atoms with van der Waals surface area (Å²) in [7, 11) is 0. The molecule has 4 aromatic carbocycles. The molecule has 9 rings (SSSR count). The van der Waals surface area contributed by atoms with Gasteiger partial charge in [-0.25, -0.2) is 4.98 Å². The third-order valence-corrected chi connectivity index (χ3v) is 9.67. The Morgan fingerprint density at radius 1 is 0.804 bits per heavy atom. The van der Waals surface area contributed by atoms with Crippen molar-refractivity contribution in [3.8, 4) is 11.3 Å². The van der Waals surface area contributed by atoms with Crippen molar-refractivity contribution in [2.24, 2.45) is 9.98 Å². The van der Waals surface area contributed by atoms with Crippen LogP contribution in [0.4, 0.5) is 0 Å². The van der Waals surface area contributed by atoms with Gasteiger partial charge in [0, 0.05) is 44.2 Å². The molecule has 2 aliphatic heterocycles. The van der Waals surface area contributed by atoms with E-state index in [-0.39, 0.29) is 12.0 Å². The first-order valence-corrected chi connectivity index (χ1v) is 16.0. The number of aliphatic imine (C=N–C) groups is 2. The maximum atomic E-state index is 6.67. The fraction of sp³-hybridized carbons (Fsp3) is 0.146. The number of hydrogen-bond acceptors (Lipinski definition) is 5. The van der Waals surface area contributed by atoms with Gasteiger partial charge in [0.15, 0.2) is 0 Å². The fourth-order valence-corrected chi connectivity index (χ4v) is 7.37. The number of rotatable bonds is 4. The molecule has 0 spiro atoms. The van der Waals surface area contributed by atoms with E-state index in [1.807, 2.05) is 24.3 Å². The number of furan rings is 2. The predicted molar refractivity (Wildman–Crippen MR) is 188 cm³/mol. The van der Waals surface area contributed by atoms with E-state index in [2.05, 4.69) is 99.3 Å². The van der Waals surface area contributed by atoms with Crippen LogP contribution in [0.25, 0.3) is 55.3 Å². The maximum absolute atomic E-state index is 6.67. The summed E-state index contributed by atoms with van der Waals surface area (Å²) < 4.78 is 13.0. The van der Waals surface area contributed by atoms with Crippen LogP contribution in [-0.4, -0.2) is 22.4 Å². The summed E-state index contributed by atoms with van der Waals surface area (Å²) >= 11 is 0. The highest BCUT2D eigenvalue weighted by molar-refractivity contribution is 6.17. The van der Waals surface area contributed by atoms with Crippen molar-refractivity contribution in [3.63, 3.8) is 0 Å². The second-order valence-corrected chi connectivity index (χ2v) is 12.2. The van der Waals surface area contributed by atoms with E-state index in [1.165, 1.54) is 11.1 Å². The van der Waals surface area contributed by atoms with Crippen LogP contribution in [0.2, 0.25) is 0 Å². The van der Waals surface area contributed by atoms with Crippen LogP contribution in [0.3, 0.4) is 0 Å². The highest BCUT2D eigenvalue weighted by Gasteiger charge is 2.31. The summed E-state index contributed by atoms with van der Waals surface area (Å²) in [5, 5.41) is 4.22. The molecule has 0 saturated carbocycles. The molecule has 5 heterocycles. The van der Waals surface area contributed by atoms with E-state index in [4.69, 9.17) is 23.8 Å². The van der Waals surface area contributed by atoms with Crippen LogP contribution in [0.5, 0.6) is 0 Å². The summed E-state index contributed by atoms with van der Waals surface area (Å²) in [5.41, 5.74) is 12.6. The van der Waals surface area contributed by atoms with Crippen molar-refractivity contribution >= 4 is 55.4 Å². The summed E-state index contributed by atoms with van der Waals surface area (Å²) in [4.78, 5) is 15.6. The molecule has 0 fully saturated rings. The number of allylic oxidation sites excluding steroid dienone is 2. The van der Waals surface area contributed by atoms with Gasteiger partial charge < -0.3 is 8.83 Å². The van der Waals surface area contributed by atoms with Gasteiger partial charge in [-0.2, -0.15) is 0 Å². The summed E-state index contributed by atoms with van der Waals surface area (Å²) in [6, 6.07) is 31.4. The van der Waals surface area contributed by atoms with Crippen molar-refractivity contribution in [1.82, 2.24) is 4.98 Å². The molecule has 2 unspecified atom stereocenters. The lowest BCUT2D eigenvalue weighted by molar-refractivity contribution is 0.621. The van der Waals surface area contributed by atoms with Crippen LogP contribution < -0.4 is 0 Å². The smallest absolute Gasteiger partial charge is 0.227 e. The zero-order chi connectivity index (χ0) is 30.9. The van der Waals surface area contributed by atoms with E-state index in [9.17, 15) is 0 Å². The minimum Gasteiger partial charge on any atom is -0.455 e. The highest BCUT2D eigenvalue weighted by atomic mass is 16.3. The van der Waals surface area contributed by atoms with Gasteiger partial charge in [-0.1, -0.05) is 93.2 Å². The molecule has 0 N–H and O–H groups in total. The summed E-state index contributed by atoms with van der Waals surface area (Å²) in [6.07, 6.45) is 5.63. The third kappa shape index (κ3) is 3.91. The van der Waals surface area contributed by atoms with Gasteiger partial charge in [0.05, 0.1) is 28.9 Å². The van der Waals surface area contributed by atoms with Gasteiger partial charge >= 0.3 is 0 Å². The Balaban J connectivity index is 1.17. The Morgan fingerprint density at radius 2 is 1.59 bits per heavy atom. The van der Waals surface area contributed by atoms with Gasteiger partial charge in [-0.15, -0.1) is 0 Å². The number of benzene rings is 4. The normalized spacial score (nSPS) is 17.8. The lowest BCUT2D eigenvalue weighted by Crippen LogP contribution is -2.25. The second kappa shape index (κ2) is 10.2. The van der Waals surface area contributed by atoms with E-state index >= 15 is 0 Å². The van der Waals surface area contributed by atoms with Gasteiger partial charge in [0.25, 0.3) is 0 Å². The molecule has 0 saturated heterocycles. The number of nitrogens with zero attached hydrogens (tertiary/aromatic N) is 3. The fourth-order valence-electron chi connectivity index (χ4n) is 7.37. The monoisotopic (exact) mass is 597 g/mol. The lowest BCUT2D eigenvalue weighted by Gasteiger charge is -2.29. The molecule has 0 bridgehead atoms. The SMILES string of the molecule is C=CC1=NC(C2=CCc3ccc4c(oc5nc(-c6cccc7c6oc6ccccc67)ccc54)c3C(CC)=N2)C(C)c2ccccc21. The van der Waals surface area contributed by atoms with Crippen LogP contribution in [0.1, 0.15) is 48.4 Å². The molecule has 3 aromatic heterocycles. The number of aromatic nitrogens is 1. The molecular formula is C41H31N3O2.